The molecule has 2 aromatic rings. The third-order valence-electron chi connectivity index (χ3n) is 4.74. The fourth-order valence-electron chi connectivity index (χ4n) is 3.30. The molecule has 0 radical (unpaired) electrons. The lowest BCUT2D eigenvalue weighted by atomic mass is 10.1. The summed E-state index contributed by atoms with van der Waals surface area (Å²) in [5.74, 6) is 0.478. The summed E-state index contributed by atoms with van der Waals surface area (Å²) in [7, 11) is 1.60. The SMILES string of the molecule is COc1ccc(NC(=S)N(Cc2ccccc2F)C2CCCC2)c(Cl)c1. The van der Waals surface area contributed by atoms with E-state index >= 15 is 0 Å². The average Bonchev–Trinajstić information content (AvgIpc) is 3.17. The summed E-state index contributed by atoms with van der Waals surface area (Å²) in [5.41, 5.74) is 1.36. The molecule has 0 aliphatic heterocycles. The van der Waals surface area contributed by atoms with Gasteiger partial charge in [0.1, 0.15) is 11.6 Å². The molecule has 0 amide bonds. The molecule has 1 aliphatic carbocycles. The quantitative estimate of drug-likeness (QED) is 0.666. The molecule has 3 nitrogen and oxygen atoms in total. The number of benzene rings is 2. The first-order chi connectivity index (χ1) is 12.6. The van der Waals surface area contributed by atoms with Crippen LogP contribution < -0.4 is 10.1 Å². The minimum Gasteiger partial charge on any atom is -0.497 e. The second-order valence-corrected chi connectivity index (χ2v) is 7.23. The van der Waals surface area contributed by atoms with Crippen molar-refractivity contribution in [1.82, 2.24) is 4.90 Å². The minimum atomic E-state index is -0.208. The Kier molecular flexibility index (Phi) is 6.33. The van der Waals surface area contributed by atoms with E-state index in [4.69, 9.17) is 28.6 Å². The maximum Gasteiger partial charge on any atom is 0.174 e. The molecule has 0 saturated heterocycles. The predicted octanol–water partition coefficient (Wildman–Crippen LogP) is 5.63. The number of ether oxygens (including phenoxy) is 1. The van der Waals surface area contributed by atoms with Crippen LogP contribution in [0.15, 0.2) is 42.5 Å². The van der Waals surface area contributed by atoms with Crippen molar-refractivity contribution < 1.29 is 9.13 Å². The fourth-order valence-corrected chi connectivity index (χ4v) is 3.85. The molecular formula is C20H22ClFN2OS. The van der Waals surface area contributed by atoms with E-state index in [1.165, 1.54) is 18.9 Å². The van der Waals surface area contributed by atoms with Gasteiger partial charge in [0, 0.05) is 24.2 Å². The molecule has 1 N–H and O–H groups in total. The van der Waals surface area contributed by atoms with Crippen molar-refractivity contribution in [2.45, 2.75) is 38.3 Å². The van der Waals surface area contributed by atoms with Crippen LogP contribution >= 0.6 is 23.8 Å². The minimum absolute atomic E-state index is 0.208. The van der Waals surface area contributed by atoms with Crippen LogP contribution in [0.4, 0.5) is 10.1 Å². The highest BCUT2D eigenvalue weighted by atomic mass is 35.5. The van der Waals surface area contributed by atoms with Crippen LogP contribution in [0.2, 0.25) is 5.02 Å². The van der Waals surface area contributed by atoms with Gasteiger partial charge in [-0.3, -0.25) is 0 Å². The predicted molar refractivity (Wildman–Crippen MR) is 108 cm³/mol. The molecular weight excluding hydrogens is 371 g/mol. The Labute approximate surface area is 164 Å². The van der Waals surface area contributed by atoms with Crippen molar-refractivity contribution in [3.8, 4) is 5.75 Å². The maximum atomic E-state index is 14.1. The number of halogens is 2. The Morgan fingerprint density at radius 2 is 2.00 bits per heavy atom. The lowest BCUT2D eigenvalue weighted by Crippen LogP contribution is -2.41. The third kappa shape index (κ3) is 4.46. The Bertz CT molecular complexity index is 780. The Morgan fingerprint density at radius 3 is 2.65 bits per heavy atom. The number of hydrogen-bond donors (Lipinski definition) is 1. The van der Waals surface area contributed by atoms with Gasteiger partial charge in [0.25, 0.3) is 0 Å². The first kappa shape index (κ1) is 18.9. The molecule has 138 valence electrons. The zero-order valence-electron chi connectivity index (χ0n) is 14.7. The smallest absolute Gasteiger partial charge is 0.174 e. The number of nitrogens with one attached hydrogen (secondary N) is 1. The second-order valence-electron chi connectivity index (χ2n) is 6.43. The van der Waals surface area contributed by atoms with E-state index in [0.29, 0.717) is 39.7 Å². The van der Waals surface area contributed by atoms with Crippen LogP contribution in [-0.4, -0.2) is 23.2 Å². The Hall–Kier alpha value is -1.85. The van der Waals surface area contributed by atoms with Crippen molar-refractivity contribution in [3.63, 3.8) is 0 Å². The van der Waals surface area contributed by atoms with Crippen LogP contribution in [0.5, 0.6) is 5.75 Å². The van der Waals surface area contributed by atoms with Gasteiger partial charge in [0.15, 0.2) is 5.11 Å². The summed E-state index contributed by atoms with van der Waals surface area (Å²) in [6, 6.07) is 12.6. The number of rotatable bonds is 5. The molecule has 2 aromatic carbocycles. The van der Waals surface area contributed by atoms with Crippen molar-refractivity contribution in [1.29, 1.82) is 0 Å². The van der Waals surface area contributed by atoms with E-state index in [1.54, 1.807) is 25.3 Å². The van der Waals surface area contributed by atoms with Gasteiger partial charge >= 0.3 is 0 Å². The standard InChI is InChI=1S/C20H22ClFN2OS/c1-25-16-10-11-19(17(21)12-16)23-20(26)24(15-7-3-4-8-15)13-14-6-2-5-9-18(14)22/h2,5-6,9-12,15H,3-4,7-8,13H2,1H3,(H,23,26). The van der Waals surface area contributed by atoms with E-state index in [-0.39, 0.29) is 5.82 Å². The van der Waals surface area contributed by atoms with E-state index < -0.39 is 0 Å². The van der Waals surface area contributed by atoms with Crippen molar-refractivity contribution >= 4 is 34.6 Å². The average molecular weight is 393 g/mol. The van der Waals surface area contributed by atoms with Crippen LogP contribution in [0.25, 0.3) is 0 Å². The molecule has 0 aromatic heterocycles. The van der Waals surface area contributed by atoms with Gasteiger partial charge in [-0.2, -0.15) is 0 Å². The first-order valence-corrected chi connectivity index (χ1v) is 9.51. The van der Waals surface area contributed by atoms with Gasteiger partial charge in [-0.15, -0.1) is 0 Å². The molecule has 0 unspecified atom stereocenters. The molecule has 1 fully saturated rings. The molecule has 1 aliphatic rings. The normalized spacial score (nSPS) is 14.3. The van der Waals surface area contributed by atoms with Gasteiger partial charge in [-0.05, 0) is 43.3 Å². The van der Waals surface area contributed by atoms with Crippen molar-refractivity contribution in [2.24, 2.45) is 0 Å². The highest BCUT2D eigenvalue weighted by Crippen LogP contribution is 2.29. The molecule has 26 heavy (non-hydrogen) atoms. The molecule has 1 saturated carbocycles. The largest absolute Gasteiger partial charge is 0.497 e. The lowest BCUT2D eigenvalue weighted by molar-refractivity contribution is 0.308. The third-order valence-corrected chi connectivity index (χ3v) is 5.39. The first-order valence-electron chi connectivity index (χ1n) is 8.73. The van der Waals surface area contributed by atoms with Crippen molar-refractivity contribution in [2.75, 3.05) is 12.4 Å². The number of hydrogen-bond acceptors (Lipinski definition) is 2. The van der Waals surface area contributed by atoms with E-state index in [2.05, 4.69) is 10.2 Å². The van der Waals surface area contributed by atoms with Crippen LogP contribution in [0.3, 0.4) is 0 Å². The van der Waals surface area contributed by atoms with Gasteiger partial charge in [-0.25, -0.2) is 4.39 Å². The molecule has 0 spiro atoms. The van der Waals surface area contributed by atoms with Gasteiger partial charge in [0.05, 0.1) is 17.8 Å². The van der Waals surface area contributed by atoms with Gasteiger partial charge < -0.3 is 15.0 Å². The van der Waals surface area contributed by atoms with Crippen LogP contribution in [-0.2, 0) is 6.54 Å². The summed E-state index contributed by atoms with van der Waals surface area (Å²) in [6.45, 7) is 0.441. The monoisotopic (exact) mass is 392 g/mol. The topological polar surface area (TPSA) is 24.5 Å². The molecule has 6 heteroatoms. The Morgan fingerprint density at radius 1 is 1.27 bits per heavy atom. The van der Waals surface area contributed by atoms with Crippen LogP contribution in [0.1, 0.15) is 31.2 Å². The maximum absolute atomic E-state index is 14.1. The highest BCUT2D eigenvalue weighted by Gasteiger charge is 2.26. The molecule has 0 bridgehead atoms. The summed E-state index contributed by atoms with van der Waals surface area (Å²) < 4.78 is 19.3. The van der Waals surface area contributed by atoms with E-state index in [1.807, 2.05) is 18.2 Å². The lowest BCUT2D eigenvalue weighted by Gasteiger charge is -2.32. The Balaban J connectivity index is 1.80. The molecule has 3 rings (SSSR count). The van der Waals surface area contributed by atoms with Gasteiger partial charge in [-0.1, -0.05) is 42.6 Å². The van der Waals surface area contributed by atoms with E-state index in [9.17, 15) is 4.39 Å². The second kappa shape index (κ2) is 8.69. The van der Waals surface area contributed by atoms with Gasteiger partial charge in [0.2, 0.25) is 0 Å². The number of methoxy groups -OCH3 is 1. The molecule has 0 heterocycles. The summed E-state index contributed by atoms with van der Waals surface area (Å²) >= 11 is 12.0. The summed E-state index contributed by atoms with van der Waals surface area (Å²) in [5, 5.41) is 4.32. The zero-order valence-corrected chi connectivity index (χ0v) is 16.2. The molecule has 0 atom stereocenters. The van der Waals surface area contributed by atoms with E-state index in [0.717, 1.165) is 12.8 Å². The summed E-state index contributed by atoms with van der Waals surface area (Å²) in [6.07, 6.45) is 4.47. The number of thiocarbonyl (C=S) groups is 1. The number of nitrogens with zero attached hydrogens (tertiary/aromatic N) is 1. The van der Waals surface area contributed by atoms with Crippen molar-refractivity contribution in [3.05, 3.63) is 58.9 Å². The highest BCUT2D eigenvalue weighted by molar-refractivity contribution is 7.80. The zero-order chi connectivity index (χ0) is 18.5. The number of anilines is 1. The van der Waals surface area contributed by atoms with Crippen LogP contribution in [0, 0.1) is 5.82 Å². The fraction of sp³-hybridized carbons (Fsp3) is 0.350. The summed E-state index contributed by atoms with van der Waals surface area (Å²) in [4.78, 5) is 2.08.